The summed E-state index contributed by atoms with van der Waals surface area (Å²) in [5.41, 5.74) is -1.32. The minimum absolute atomic E-state index is 0.583. The van der Waals surface area contributed by atoms with Gasteiger partial charge < -0.3 is 19.3 Å². The lowest BCUT2D eigenvalue weighted by Gasteiger charge is -2.24. The van der Waals surface area contributed by atoms with Crippen molar-refractivity contribution in [3.8, 4) is 0 Å². The Balaban J connectivity index is 2.41. The van der Waals surface area contributed by atoms with Crippen molar-refractivity contribution in [2.75, 3.05) is 14.2 Å². The zero-order valence-corrected chi connectivity index (χ0v) is 14.3. The number of rotatable bonds is 6. The first-order chi connectivity index (χ1) is 11.6. The molecule has 0 aliphatic carbocycles. The molecule has 1 fully saturated rings. The molecule has 4 atom stereocenters. The van der Waals surface area contributed by atoms with Crippen LogP contribution in [0.5, 0.6) is 0 Å². The lowest BCUT2D eigenvalue weighted by atomic mass is 10.1. The zero-order chi connectivity index (χ0) is 18.8. The van der Waals surface area contributed by atoms with Crippen LogP contribution in [0.15, 0.2) is 33.7 Å². The van der Waals surface area contributed by atoms with Crippen LogP contribution in [0.1, 0.15) is 6.23 Å². The number of aromatic nitrogens is 2. The van der Waals surface area contributed by atoms with Gasteiger partial charge in [-0.25, -0.2) is 10.6 Å². The summed E-state index contributed by atoms with van der Waals surface area (Å²) in [5.74, 6) is 6.14. The summed E-state index contributed by atoms with van der Waals surface area (Å²) in [6.07, 6.45) is -1.45. The number of H-pyrrole nitrogens is 1. The van der Waals surface area contributed by atoms with Crippen LogP contribution in [0.2, 0.25) is 0 Å². The number of nitrogens with one attached hydrogen (secondary N) is 1. The second-order valence-corrected chi connectivity index (χ2v) is 6.73. The van der Waals surface area contributed by atoms with Crippen LogP contribution in [0, 0.1) is 0 Å². The molecule has 12 nitrogen and oxygen atoms in total. The molecule has 140 valence electrons. The predicted molar refractivity (Wildman–Crippen MR) is 84.0 cm³/mol. The second-order valence-electron chi connectivity index (χ2n) is 5.26. The maximum atomic E-state index is 12.0. The monoisotopic (exact) mass is 378 g/mol. The topological polar surface area (TPSA) is 169 Å². The molecule has 25 heavy (non-hydrogen) atoms. The summed E-state index contributed by atoms with van der Waals surface area (Å²) >= 11 is 0. The Kier molecular flexibility index (Phi) is 6.08. The average Bonchev–Trinajstić information content (AvgIpc) is 2.81. The molecule has 0 spiro atoms. The van der Waals surface area contributed by atoms with Crippen molar-refractivity contribution in [1.29, 1.82) is 0 Å². The van der Waals surface area contributed by atoms with Gasteiger partial charge in [-0.1, -0.05) is 0 Å². The molecule has 0 amide bonds. The number of ether oxygens (including phenoxy) is 2. The highest BCUT2D eigenvalue weighted by atomic mass is 31.2. The highest BCUT2D eigenvalue weighted by Crippen LogP contribution is 2.39. The third kappa shape index (κ3) is 4.93. The first-order valence-electron chi connectivity index (χ1n) is 7.02. The van der Waals surface area contributed by atoms with Gasteiger partial charge in [-0.15, -0.1) is 5.17 Å². The van der Waals surface area contributed by atoms with Crippen molar-refractivity contribution in [2.24, 2.45) is 5.84 Å². The van der Waals surface area contributed by atoms with Crippen molar-refractivity contribution in [3.05, 3.63) is 45.0 Å². The molecule has 0 bridgehead atoms. The average molecular weight is 378 g/mol. The van der Waals surface area contributed by atoms with E-state index in [2.05, 4.69) is 4.98 Å². The second kappa shape index (κ2) is 7.72. The molecule has 1 aromatic heterocycles. The summed E-state index contributed by atoms with van der Waals surface area (Å²) in [6.45, 7) is 0. The summed E-state index contributed by atoms with van der Waals surface area (Å²) < 4.78 is 23.1. The Bertz CT molecular complexity index is 784. The summed E-state index contributed by atoms with van der Waals surface area (Å²) in [6, 6.07) is 1.13. The molecule has 1 aromatic rings. The van der Waals surface area contributed by atoms with E-state index in [4.69, 9.17) is 29.9 Å². The number of nitrogens with zero attached hydrogens (tertiary/aromatic N) is 2. The Morgan fingerprint density at radius 3 is 2.64 bits per heavy atom. The van der Waals surface area contributed by atoms with Crippen LogP contribution in [-0.2, 0) is 18.9 Å². The van der Waals surface area contributed by atoms with Crippen LogP contribution >= 0.6 is 7.60 Å². The molecule has 0 radical (unpaired) electrons. The predicted octanol–water partition coefficient (Wildman–Crippen LogP) is -1.75. The minimum Gasteiger partial charge on any atom is -0.374 e. The van der Waals surface area contributed by atoms with E-state index >= 15 is 0 Å². The largest absolute Gasteiger partial charge is 0.374 e. The molecular formula is C12H19N4O8P. The molecule has 0 aromatic carbocycles. The van der Waals surface area contributed by atoms with E-state index in [-0.39, 0.29) is 0 Å². The fraction of sp³-hybridized carbons (Fsp3) is 0.500. The molecule has 2 heterocycles. The molecule has 0 saturated carbocycles. The standard InChI is InChI=1S/C12H19N4O8P/c1-15(13)24-9-7(4-6-25(19,20)21)23-11(10(9)22-2)16-5-3-8(17)14-12(16)18/h3-7,9-11H,13H2,1-2H3,(H,14,17,18)(H2,19,20,21)/b6-4+/t7-,9?,10?,11-/m1/s1. The van der Waals surface area contributed by atoms with Crippen molar-refractivity contribution >= 4 is 7.60 Å². The third-order valence-corrected chi connectivity index (χ3v) is 3.94. The van der Waals surface area contributed by atoms with E-state index in [9.17, 15) is 14.2 Å². The van der Waals surface area contributed by atoms with E-state index in [0.29, 0.717) is 5.82 Å². The first kappa shape index (κ1) is 19.7. The van der Waals surface area contributed by atoms with Crippen LogP contribution < -0.4 is 17.1 Å². The maximum Gasteiger partial charge on any atom is 0.348 e. The number of hydrogen-bond acceptors (Lipinski definition) is 8. The smallest absolute Gasteiger partial charge is 0.348 e. The van der Waals surface area contributed by atoms with Gasteiger partial charge in [0.15, 0.2) is 6.23 Å². The molecule has 2 unspecified atom stereocenters. The van der Waals surface area contributed by atoms with Crippen molar-refractivity contribution in [3.63, 3.8) is 0 Å². The molecule has 13 heteroatoms. The van der Waals surface area contributed by atoms with Crippen LogP contribution in [0.25, 0.3) is 0 Å². The number of hydrazine groups is 1. The van der Waals surface area contributed by atoms with Gasteiger partial charge >= 0.3 is 13.3 Å². The Morgan fingerprint density at radius 2 is 2.12 bits per heavy atom. The Morgan fingerprint density at radius 1 is 1.44 bits per heavy atom. The van der Waals surface area contributed by atoms with Crippen molar-refractivity contribution < 1.29 is 28.7 Å². The van der Waals surface area contributed by atoms with Crippen LogP contribution in [0.3, 0.4) is 0 Å². The normalized spacial score (nSPS) is 27.4. The molecule has 2 rings (SSSR count). The molecule has 1 aliphatic rings. The quantitative estimate of drug-likeness (QED) is 0.253. The van der Waals surface area contributed by atoms with Gasteiger partial charge in [0.25, 0.3) is 5.56 Å². The highest BCUT2D eigenvalue weighted by molar-refractivity contribution is 7.55. The van der Waals surface area contributed by atoms with Gasteiger partial charge in [-0.05, 0) is 6.08 Å². The van der Waals surface area contributed by atoms with E-state index < -0.39 is 43.4 Å². The van der Waals surface area contributed by atoms with E-state index in [0.717, 1.165) is 21.9 Å². The van der Waals surface area contributed by atoms with Gasteiger partial charge in [-0.3, -0.25) is 23.7 Å². The van der Waals surface area contributed by atoms with Crippen molar-refractivity contribution in [2.45, 2.75) is 24.5 Å². The van der Waals surface area contributed by atoms with Crippen molar-refractivity contribution in [1.82, 2.24) is 14.7 Å². The number of hydroxylamine groups is 1. The third-order valence-electron chi connectivity index (χ3n) is 3.38. The number of hydrogen-bond donors (Lipinski definition) is 4. The fourth-order valence-electron chi connectivity index (χ4n) is 2.43. The lowest BCUT2D eigenvalue weighted by molar-refractivity contribution is -0.212. The minimum atomic E-state index is -4.43. The SMILES string of the molecule is COC1C(ON(C)N)[C@@H](/C=C/P(=O)(O)O)O[C@H]1n1ccc(=O)[nH]c1=O. The van der Waals surface area contributed by atoms with Crippen LogP contribution in [-0.4, -0.2) is 57.0 Å². The van der Waals surface area contributed by atoms with Crippen LogP contribution in [0.4, 0.5) is 0 Å². The molecule has 1 saturated heterocycles. The maximum absolute atomic E-state index is 12.0. The summed E-state index contributed by atoms with van der Waals surface area (Å²) in [7, 11) is -1.69. The highest BCUT2D eigenvalue weighted by Gasteiger charge is 2.47. The van der Waals surface area contributed by atoms with E-state index in [1.807, 2.05) is 0 Å². The Hall–Kier alpha value is -1.63. The van der Waals surface area contributed by atoms with E-state index in [1.165, 1.54) is 20.4 Å². The molecular weight excluding hydrogens is 359 g/mol. The Labute approximate surface area is 141 Å². The molecule has 5 N–H and O–H groups in total. The lowest BCUT2D eigenvalue weighted by Crippen LogP contribution is -2.43. The van der Waals surface area contributed by atoms with E-state index in [1.54, 1.807) is 0 Å². The number of nitrogens with two attached hydrogens (primary N) is 1. The van der Waals surface area contributed by atoms with Gasteiger partial charge in [0.1, 0.15) is 18.3 Å². The number of methoxy groups -OCH3 is 1. The van der Waals surface area contributed by atoms with Gasteiger partial charge in [0.2, 0.25) is 0 Å². The molecule has 1 aliphatic heterocycles. The zero-order valence-electron chi connectivity index (χ0n) is 13.4. The fourth-order valence-corrected chi connectivity index (χ4v) is 2.82. The van der Waals surface area contributed by atoms with Gasteiger partial charge in [0, 0.05) is 32.2 Å². The summed E-state index contributed by atoms with van der Waals surface area (Å²) in [5, 5.41) is 0.885. The summed E-state index contributed by atoms with van der Waals surface area (Å²) in [4.78, 5) is 48.7. The number of aromatic amines is 1. The van der Waals surface area contributed by atoms with Gasteiger partial charge in [0.05, 0.1) is 0 Å². The van der Waals surface area contributed by atoms with Gasteiger partial charge in [-0.2, -0.15) is 0 Å². The first-order valence-corrected chi connectivity index (χ1v) is 8.70.